The average Bonchev–Trinajstić information content (AvgIpc) is 2.63. The predicted octanol–water partition coefficient (Wildman–Crippen LogP) is 3.62. The number of benzene rings is 2. The molecule has 3 rings (SSSR count). The number of anilines is 3. The Morgan fingerprint density at radius 2 is 1.76 bits per heavy atom. The lowest BCUT2D eigenvalue weighted by atomic mass is 10.2. The molecule has 7 heteroatoms. The van der Waals surface area contributed by atoms with Crippen LogP contribution in [-0.4, -0.2) is 23.0 Å². The number of nitrogens with zero attached hydrogens (tertiary/aromatic N) is 2. The number of carbonyl (C=O) groups excluding carboxylic acids is 1. The summed E-state index contributed by atoms with van der Waals surface area (Å²) in [6, 6.07) is 12.9. The van der Waals surface area contributed by atoms with E-state index in [0.29, 0.717) is 11.6 Å². The minimum atomic E-state index is -0.423. The average molecular weight is 338 g/mol. The SMILES string of the molecule is COc1ccc(Nc2ncc(C(=O)Nc3cccc(F)c3)cn2)cc1. The summed E-state index contributed by atoms with van der Waals surface area (Å²) in [5, 5.41) is 5.61. The van der Waals surface area contributed by atoms with E-state index in [1.807, 2.05) is 24.3 Å². The van der Waals surface area contributed by atoms with Gasteiger partial charge in [-0.15, -0.1) is 0 Å². The van der Waals surface area contributed by atoms with E-state index >= 15 is 0 Å². The molecule has 2 aromatic carbocycles. The predicted molar refractivity (Wildman–Crippen MR) is 92.7 cm³/mol. The van der Waals surface area contributed by atoms with Crippen LogP contribution >= 0.6 is 0 Å². The molecule has 0 aliphatic rings. The first-order valence-electron chi connectivity index (χ1n) is 7.44. The summed E-state index contributed by atoms with van der Waals surface area (Å²) >= 11 is 0. The van der Waals surface area contributed by atoms with Crippen LogP contribution in [0.5, 0.6) is 5.75 Å². The molecule has 0 aliphatic carbocycles. The van der Waals surface area contributed by atoms with Crippen molar-refractivity contribution < 1.29 is 13.9 Å². The van der Waals surface area contributed by atoms with E-state index in [2.05, 4.69) is 20.6 Å². The fourth-order valence-corrected chi connectivity index (χ4v) is 2.08. The number of amides is 1. The van der Waals surface area contributed by atoms with Crippen LogP contribution in [0.4, 0.5) is 21.7 Å². The Hall–Kier alpha value is -3.48. The molecule has 1 heterocycles. The van der Waals surface area contributed by atoms with Crippen LogP contribution in [0, 0.1) is 5.82 Å². The van der Waals surface area contributed by atoms with Gasteiger partial charge in [0.2, 0.25) is 5.95 Å². The Bertz CT molecular complexity index is 867. The number of nitrogens with one attached hydrogen (secondary N) is 2. The molecule has 1 amide bonds. The van der Waals surface area contributed by atoms with E-state index in [4.69, 9.17) is 4.74 Å². The first kappa shape index (κ1) is 16.4. The largest absolute Gasteiger partial charge is 0.497 e. The minimum absolute atomic E-state index is 0.268. The maximum Gasteiger partial charge on any atom is 0.258 e. The summed E-state index contributed by atoms with van der Waals surface area (Å²) in [6.45, 7) is 0. The fraction of sp³-hybridized carbons (Fsp3) is 0.0556. The zero-order valence-corrected chi connectivity index (χ0v) is 13.4. The number of hydrogen-bond acceptors (Lipinski definition) is 5. The summed E-state index contributed by atoms with van der Waals surface area (Å²) in [7, 11) is 1.60. The van der Waals surface area contributed by atoms with Crippen LogP contribution in [0.15, 0.2) is 60.9 Å². The molecule has 0 aliphatic heterocycles. The molecule has 0 saturated heterocycles. The third-order valence-electron chi connectivity index (χ3n) is 3.34. The lowest BCUT2D eigenvalue weighted by Crippen LogP contribution is -2.13. The van der Waals surface area contributed by atoms with Crippen molar-refractivity contribution >= 4 is 23.2 Å². The van der Waals surface area contributed by atoms with Crippen molar-refractivity contribution in [3.63, 3.8) is 0 Å². The Balaban J connectivity index is 1.65. The van der Waals surface area contributed by atoms with E-state index in [0.717, 1.165) is 11.4 Å². The van der Waals surface area contributed by atoms with Crippen LogP contribution in [0.3, 0.4) is 0 Å². The molecule has 25 heavy (non-hydrogen) atoms. The van der Waals surface area contributed by atoms with Crippen LogP contribution in [0.1, 0.15) is 10.4 Å². The molecule has 0 unspecified atom stereocenters. The van der Waals surface area contributed by atoms with Gasteiger partial charge in [0.05, 0.1) is 12.7 Å². The molecule has 0 radical (unpaired) electrons. The monoisotopic (exact) mass is 338 g/mol. The normalized spacial score (nSPS) is 10.2. The van der Waals surface area contributed by atoms with Crippen molar-refractivity contribution in [3.05, 3.63) is 72.3 Å². The Labute approximate surface area is 143 Å². The molecule has 0 spiro atoms. The highest BCUT2D eigenvalue weighted by atomic mass is 19.1. The summed E-state index contributed by atoms with van der Waals surface area (Å²) in [6.07, 6.45) is 2.79. The summed E-state index contributed by atoms with van der Waals surface area (Å²) in [5.74, 6) is 0.262. The van der Waals surface area contributed by atoms with E-state index in [1.165, 1.54) is 30.6 Å². The van der Waals surface area contributed by atoms with Crippen LogP contribution in [0.25, 0.3) is 0 Å². The second kappa shape index (κ2) is 7.39. The van der Waals surface area contributed by atoms with Gasteiger partial charge in [-0.2, -0.15) is 0 Å². The van der Waals surface area contributed by atoms with Gasteiger partial charge in [0, 0.05) is 23.8 Å². The topological polar surface area (TPSA) is 76.1 Å². The standard InChI is InChI=1S/C18H15FN4O2/c1-25-16-7-5-14(6-8-16)23-18-20-10-12(11-21-18)17(24)22-15-4-2-3-13(19)9-15/h2-11H,1H3,(H,22,24)(H,20,21,23). The third-order valence-corrected chi connectivity index (χ3v) is 3.34. The smallest absolute Gasteiger partial charge is 0.258 e. The van der Waals surface area contributed by atoms with Gasteiger partial charge < -0.3 is 15.4 Å². The first-order chi connectivity index (χ1) is 12.1. The molecule has 2 N–H and O–H groups in total. The van der Waals surface area contributed by atoms with Crippen molar-refractivity contribution in [1.82, 2.24) is 9.97 Å². The van der Waals surface area contributed by atoms with Crippen molar-refractivity contribution in [2.45, 2.75) is 0 Å². The van der Waals surface area contributed by atoms with E-state index in [1.54, 1.807) is 13.2 Å². The Morgan fingerprint density at radius 1 is 1.04 bits per heavy atom. The van der Waals surface area contributed by atoms with Crippen molar-refractivity contribution in [2.24, 2.45) is 0 Å². The minimum Gasteiger partial charge on any atom is -0.497 e. The number of methoxy groups -OCH3 is 1. The maximum absolute atomic E-state index is 13.1. The lowest BCUT2D eigenvalue weighted by molar-refractivity contribution is 0.102. The Morgan fingerprint density at radius 3 is 2.40 bits per heavy atom. The molecular formula is C18H15FN4O2. The van der Waals surface area contributed by atoms with Gasteiger partial charge in [-0.25, -0.2) is 14.4 Å². The highest BCUT2D eigenvalue weighted by molar-refractivity contribution is 6.03. The second-order valence-electron chi connectivity index (χ2n) is 5.11. The van der Waals surface area contributed by atoms with E-state index in [-0.39, 0.29) is 5.56 Å². The number of aromatic nitrogens is 2. The Kier molecular flexibility index (Phi) is 4.84. The molecule has 0 atom stereocenters. The lowest BCUT2D eigenvalue weighted by Gasteiger charge is -2.07. The molecular weight excluding hydrogens is 323 g/mol. The fourth-order valence-electron chi connectivity index (χ4n) is 2.08. The van der Waals surface area contributed by atoms with Crippen molar-refractivity contribution in [1.29, 1.82) is 0 Å². The van der Waals surface area contributed by atoms with Crippen LogP contribution in [-0.2, 0) is 0 Å². The molecule has 6 nitrogen and oxygen atoms in total. The molecule has 3 aromatic rings. The highest BCUT2D eigenvalue weighted by Crippen LogP contribution is 2.18. The molecule has 0 saturated carbocycles. The second-order valence-corrected chi connectivity index (χ2v) is 5.11. The molecule has 1 aromatic heterocycles. The quantitative estimate of drug-likeness (QED) is 0.743. The summed E-state index contributed by atoms with van der Waals surface area (Å²) < 4.78 is 18.2. The molecule has 0 fully saturated rings. The summed E-state index contributed by atoms with van der Waals surface area (Å²) in [5.41, 5.74) is 1.42. The maximum atomic E-state index is 13.1. The van der Waals surface area contributed by atoms with Gasteiger partial charge in [0.1, 0.15) is 11.6 Å². The van der Waals surface area contributed by atoms with Gasteiger partial charge >= 0.3 is 0 Å². The van der Waals surface area contributed by atoms with Gasteiger partial charge in [0.25, 0.3) is 5.91 Å². The molecule has 0 bridgehead atoms. The zero-order valence-electron chi connectivity index (χ0n) is 13.4. The number of carbonyl (C=O) groups is 1. The molecule has 126 valence electrons. The van der Waals surface area contributed by atoms with Crippen molar-refractivity contribution in [2.75, 3.05) is 17.7 Å². The number of rotatable bonds is 5. The van der Waals surface area contributed by atoms with E-state index in [9.17, 15) is 9.18 Å². The number of ether oxygens (including phenoxy) is 1. The van der Waals surface area contributed by atoms with Crippen LogP contribution in [0.2, 0.25) is 0 Å². The van der Waals surface area contributed by atoms with E-state index < -0.39 is 11.7 Å². The van der Waals surface area contributed by atoms with Gasteiger partial charge in [0.15, 0.2) is 0 Å². The van der Waals surface area contributed by atoms with Gasteiger partial charge in [-0.05, 0) is 42.5 Å². The third kappa shape index (κ3) is 4.29. The van der Waals surface area contributed by atoms with Crippen molar-refractivity contribution in [3.8, 4) is 5.75 Å². The van der Waals surface area contributed by atoms with Crippen LogP contribution < -0.4 is 15.4 Å². The number of hydrogen-bond donors (Lipinski definition) is 2. The van der Waals surface area contributed by atoms with Gasteiger partial charge in [-0.3, -0.25) is 4.79 Å². The zero-order chi connectivity index (χ0) is 17.6. The van der Waals surface area contributed by atoms with Gasteiger partial charge in [-0.1, -0.05) is 6.07 Å². The number of halogens is 1. The summed E-state index contributed by atoms with van der Waals surface area (Å²) in [4.78, 5) is 20.3. The first-order valence-corrected chi connectivity index (χ1v) is 7.44. The highest BCUT2D eigenvalue weighted by Gasteiger charge is 2.08.